The van der Waals surface area contributed by atoms with E-state index in [9.17, 15) is 0 Å². The van der Waals surface area contributed by atoms with Gasteiger partial charge in [0.15, 0.2) is 5.65 Å². The zero-order valence-electron chi connectivity index (χ0n) is 22.7. The van der Waals surface area contributed by atoms with Crippen LogP contribution in [0.2, 0.25) is 0 Å². The lowest BCUT2D eigenvalue weighted by molar-refractivity contribution is 0.449. The predicted molar refractivity (Wildman–Crippen MR) is 162 cm³/mol. The number of hydrogen-bond donors (Lipinski definition) is 2. The SMILES string of the molecule is C=C/C=C(/c1cccs1)c1cc(-c2[nH]nc3ncc(C(/C=C(\C=C)CN(C)C)=C/C)cc23)[nH]c1C.CC. The van der Waals surface area contributed by atoms with Crippen molar-refractivity contribution in [3.8, 4) is 11.4 Å². The predicted octanol–water partition coefficient (Wildman–Crippen LogP) is 8.04. The Hall–Kier alpha value is -3.74. The minimum absolute atomic E-state index is 0.689. The largest absolute Gasteiger partial charge is 0.357 e. The summed E-state index contributed by atoms with van der Waals surface area (Å²) in [5.41, 5.74) is 9.25. The van der Waals surface area contributed by atoms with Crippen LogP contribution in [0.3, 0.4) is 0 Å². The third-order valence-corrected chi connectivity index (χ3v) is 6.70. The third kappa shape index (κ3) is 6.34. The van der Waals surface area contributed by atoms with Crippen molar-refractivity contribution in [3.63, 3.8) is 0 Å². The number of fused-ring (bicyclic) bond motifs is 1. The fraction of sp³-hybridized carbons (Fsp3) is 0.226. The van der Waals surface area contributed by atoms with Gasteiger partial charge in [-0.05, 0) is 62.7 Å². The lowest BCUT2D eigenvalue weighted by atomic mass is 10.0. The maximum atomic E-state index is 4.64. The van der Waals surface area contributed by atoms with Crippen LogP contribution in [0.25, 0.3) is 33.6 Å². The molecule has 0 aromatic carbocycles. The average molecular weight is 512 g/mol. The van der Waals surface area contributed by atoms with Gasteiger partial charge in [0.25, 0.3) is 0 Å². The van der Waals surface area contributed by atoms with E-state index in [2.05, 4.69) is 107 Å². The van der Waals surface area contributed by atoms with Gasteiger partial charge in [0, 0.05) is 45.4 Å². The highest BCUT2D eigenvalue weighted by molar-refractivity contribution is 7.11. The van der Waals surface area contributed by atoms with Gasteiger partial charge in [-0.15, -0.1) is 11.3 Å². The lowest BCUT2D eigenvalue weighted by Gasteiger charge is -2.11. The quantitative estimate of drug-likeness (QED) is 0.224. The zero-order valence-corrected chi connectivity index (χ0v) is 23.5. The number of aromatic nitrogens is 4. The Morgan fingerprint density at radius 3 is 2.59 bits per heavy atom. The van der Waals surface area contributed by atoms with Gasteiger partial charge in [-0.25, -0.2) is 4.98 Å². The van der Waals surface area contributed by atoms with E-state index in [1.165, 1.54) is 4.88 Å². The number of aryl methyl sites for hydroxylation is 1. The van der Waals surface area contributed by atoms with Crippen molar-refractivity contribution in [1.29, 1.82) is 0 Å². The second-order valence-electron chi connectivity index (χ2n) is 8.61. The van der Waals surface area contributed by atoms with Crippen molar-refractivity contribution in [2.24, 2.45) is 0 Å². The van der Waals surface area contributed by atoms with Crippen LogP contribution >= 0.6 is 11.3 Å². The molecule has 0 amide bonds. The Morgan fingerprint density at radius 2 is 1.97 bits per heavy atom. The molecule has 6 heteroatoms. The van der Waals surface area contributed by atoms with Gasteiger partial charge in [0.2, 0.25) is 0 Å². The monoisotopic (exact) mass is 511 g/mol. The molecule has 5 nitrogen and oxygen atoms in total. The molecular weight excluding hydrogens is 474 g/mol. The van der Waals surface area contributed by atoms with Crippen LogP contribution < -0.4 is 0 Å². The molecule has 4 heterocycles. The van der Waals surface area contributed by atoms with Crippen LogP contribution in [-0.2, 0) is 0 Å². The molecule has 0 saturated heterocycles. The highest BCUT2D eigenvalue weighted by Gasteiger charge is 2.17. The number of rotatable bonds is 9. The third-order valence-electron chi connectivity index (χ3n) is 5.80. The van der Waals surface area contributed by atoms with Gasteiger partial charge >= 0.3 is 0 Å². The molecule has 0 spiro atoms. The summed E-state index contributed by atoms with van der Waals surface area (Å²) >= 11 is 1.72. The Labute approximate surface area is 224 Å². The molecule has 0 radical (unpaired) electrons. The number of nitrogens with one attached hydrogen (secondary N) is 2. The molecular formula is C31H37N5S. The molecule has 37 heavy (non-hydrogen) atoms. The van der Waals surface area contributed by atoms with E-state index in [0.717, 1.165) is 56.9 Å². The van der Waals surface area contributed by atoms with Crippen LogP contribution in [0.4, 0.5) is 0 Å². The maximum absolute atomic E-state index is 4.64. The van der Waals surface area contributed by atoms with Crippen molar-refractivity contribution in [3.05, 3.63) is 107 Å². The summed E-state index contributed by atoms with van der Waals surface area (Å²) in [6.45, 7) is 16.9. The normalized spacial score (nSPS) is 12.6. The van der Waals surface area contributed by atoms with E-state index in [1.807, 2.05) is 39.1 Å². The van der Waals surface area contributed by atoms with Gasteiger partial charge in [0.05, 0.1) is 11.4 Å². The van der Waals surface area contributed by atoms with Gasteiger partial charge in [-0.1, -0.05) is 63.5 Å². The number of hydrogen-bond acceptors (Lipinski definition) is 4. The van der Waals surface area contributed by atoms with Crippen LogP contribution in [0.1, 0.15) is 42.5 Å². The highest BCUT2D eigenvalue weighted by Crippen LogP contribution is 2.34. The molecule has 0 atom stereocenters. The summed E-state index contributed by atoms with van der Waals surface area (Å²) in [6, 6.07) is 8.53. The number of nitrogens with zero attached hydrogens (tertiary/aromatic N) is 3. The topological polar surface area (TPSA) is 60.6 Å². The summed E-state index contributed by atoms with van der Waals surface area (Å²) in [7, 11) is 4.11. The van der Waals surface area contributed by atoms with Gasteiger partial charge in [-0.3, -0.25) is 5.10 Å². The fourth-order valence-electron chi connectivity index (χ4n) is 4.16. The highest BCUT2D eigenvalue weighted by atomic mass is 32.1. The van der Waals surface area contributed by atoms with Crippen molar-refractivity contribution in [1.82, 2.24) is 25.1 Å². The van der Waals surface area contributed by atoms with Crippen molar-refractivity contribution in [2.45, 2.75) is 27.7 Å². The summed E-state index contributed by atoms with van der Waals surface area (Å²) in [6.07, 6.45) is 12.0. The van der Waals surface area contributed by atoms with Crippen LogP contribution in [0.5, 0.6) is 0 Å². The Balaban J connectivity index is 0.00000186. The molecule has 0 unspecified atom stereocenters. The van der Waals surface area contributed by atoms with Crippen LogP contribution in [-0.4, -0.2) is 45.7 Å². The molecule has 0 aliphatic carbocycles. The molecule has 0 bridgehead atoms. The Kier molecular flexibility index (Phi) is 9.78. The Bertz CT molecular complexity index is 1440. The molecule has 0 saturated carbocycles. The second-order valence-corrected chi connectivity index (χ2v) is 9.56. The molecule has 0 aliphatic rings. The smallest absolute Gasteiger partial charge is 0.181 e. The summed E-state index contributed by atoms with van der Waals surface area (Å²) in [5.74, 6) is 0. The molecule has 4 aromatic rings. The first-order valence-electron chi connectivity index (χ1n) is 12.5. The second kappa shape index (κ2) is 13.0. The lowest BCUT2D eigenvalue weighted by Crippen LogP contribution is -2.14. The van der Waals surface area contributed by atoms with Crippen LogP contribution in [0.15, 0.2) is 85.0 Å². The average Bonchev–Trinajstić information content (AvgIpc) is 3.66. The van der Waals surface area contributed by atoms with E-state index >= 15 is 0 Å². The van der Waals surface area contributed by atoms with E-state index < -0.39 is 0 Å². The van der Waals surface area contributed by atoms with Gasteiger partial charge < -0.3 is 9.88 Å². The fourth-order valence-corrected chi connectivity index (χ4v) is 4.92. The summed E-state index contributed by atoms with van der Waals surface area (Å²) in [5, 5.41) is 10.7. The Morgan fingerprint density at radius 1 is 1.19 bits per heavy atom. The first kappa shape index (κ1) is 27.8. The van der Waals surface area contributed by atoms with E-state index in [-0.39, 0.29) is 0 Å². The molecule has 2 N–H and O–H groups in total. The minimum Gasteiger partial charge on any atom is -0.357 e. The van der Waals surface area contributed by atoms with Gasteiger partial charge in [0.1, 0.15) is 0 Å². The molecule has 4 rings (SSSR count). The van der Waals surface area contributed by atoms with Crippen molar-refractivity contribution < 1.29 is 0 Å². The van der Waals surface area contributed by atoms with Crippen LogP contribution in [0, 0.1) is 6.92 Å². The molecule has 192 valence electrons. The first-order chi connectivity index (χ1) is 17.9. The van der Waals surface area contributed by atoms with Crippen molar-refractivity contribution >= 4 is 33.5 Å². The van der Waals surface area contributed by atoms with E-state index in [4.69, 9.17) is 0 Å². The molecule has 0 fully saturated rings. The molecule has 4 aromatic heterocycles. The number of likely N-dealkylation sites (N-methyl/N-ethyl adjacent to an activating group) is 1. The van der Waals surface area contributed by atoms with E-state index in [1.54, 1.807) is 11.3 Å². The van der Waals surface area contributed by atoms with E-state index in [0.29, 0.717) is 5.65 Å². The summed E-state index contributed by atoms with van der Waals surface area (Å²) in [4.78, 5) is 11.5. The zero-order chi connectivity index (χ0) is 26.9. The number of thiophene rings is 1. The number of allylic oxidation sites excluding steroid dienone is 5. The minimum atomic E-state index is 0.689. The molecule has 0 aliphatic heterocycles. The maximum Gasteiger partial charge on any atom is 0.181 e. The standard InChI is InChI=1S/C29H31N5S.C2H6/c1-7-11-23(27-12-10-13-35-27)24-16-26(31-19(24)4)28-25-15-22(17-30-29(25)33-32-28)21(9-3)14-20(8-2)18-34(5)6;1-2/h7-17,31H,1-2,18H2,3-6H3,(H,30,32,33);1-2H3/b20-14+,21-9+,23-11+;. The van der Waals surface area contributed by atoms with Crippen molar-refractivity contribution in [2.75, 3.05) is 20.6 Å². The first-order valence-corrected chi connectivity index (χ1v) is 13.4. The number of aromatic amines is 2. The number of H-pyrrole nitrogens is 2. The number of pyridine rings is 1. The van der Waals surface area contributed by atoms with Gasteiger partial charge in [-0.2, -0.15) is 5.10 Å². The summed E-state index contributed by atoms with van der Waals surface area (Å²) < 4.78 is 0.